The number of allylic oxidation sites excluding steroid dienone is 6. The Kier molecular flexibility index (Phi) is 10.7. The Labute approximate surface area is 191 Å². The van der Waals surface area contributed by atoms with E-state index in [1.165, 1.54) is 6.20 Å². The number of halogens is 1. The topological polar surface area (TPSA) is 85.5 Å². The minimum Gasteiger partial charge on any atom is -0.502 e. The fourth-order valence-electron chi connectivity index (χ4n) is 3.10. The third kappa shape index (κ3) is 7.07. The number of nitrogens with zero attached hydrogens (tertiary/aromatic N) is 3. The van der Waals surface area contributed by atoms with Crippen molar-refractivity contribution in [3.05, 3.63) is 64.5 Å². The van der Waals surface area contributed by atoms with Gasteiger partial charge in [0.1, 0.15) is 11.6 Å². The Bertz CT molecular complexity index is 903. The molecule has 0 spiro atoms. The largest absolute Gasteiger partial charge is 0.502 e. The van der Waals surface area contributed by atoms with Gasteiger partial charge in [-0.1, -0.05) is 0 Å². The zero-order valence-corrected chi connectivity index (χ0v) is 20.4. The van der Waals surface area contributed by atoms with E-state index in [4.69, 9.17) is 26.8 Å². The van der Waals surface area contributed by atoms with Crippen molar-refractivity contribution in [2.75, 3.05) is 38.5 Å². The molecular formula is C23H34ClN5O2. The lowest BCUT2D eigenvalue weighted by atomic mass is 9.95. The minimum atomic E-state index is -0.427. The lowest BCUT2D eigenvalue weighted by molar-refractivity contribution is 0.292. The normalized spacial score (nSPS) is 14.9. The molecule has 31 heavy (non-hydrogen) atoms. The zero-order chi connectivity index (χ0) is 23.6. The van der Waals surface area contributed by atoms with Crippen molar-refractivity contribution < 1.29 is 9.47 Å². The highest BCUT2D eigenvalue weighted by Gasteiger charge is 2.18. The first kappa shape index (κ1) is 26.1. The summed E-state index contributed by atoms with van der Waals surface area (Å²) in [7, 11) is 6.91. The van der Waals surface area contributed by atoms with Crippen LogP contribution in [0.1, 0.15) is 33.3 Å². The van der Waals surface area contributed by atoms with Gasteiger partial charge in [0.05, 0.1) is 25.4 Å². The van der Waals surface area contributed by atoms with Crippen LogP contribution >= 0.6 is 11.6 Å². The predicted octanol–water partition coefficient (Wildman–Crippen LogP) is 4.81. The molecule has 0 saturated heterocycles. The molecule has 1 rings (SSSR count). The standard InChI is InChI=1S/C23H34ClN5O2/c1-9-20(31-8)17(4)21(19(24)13-16(3)30-7)15(2)12-18-14-27-23(26-5)28-22(18)29(6)11-10-25/h9-14,19H,25H2,1-8H3,(H,26,27,28)/b11-10-,15-12+,16-13?,20-9+,21-17-. The van der Waals surface area contributed by atoms with E-state index in [1.807, 2.05) is 57.9 Å². The lowest BCUT2D eigenvalue weighted by Gasteiger charge is -2.20. The average Bonchev–Trinajstić information content (AvgIpc) is 2.74. The maximum absolute atomic E-state index is 6.82. The van der Waals surface area contributed by atoms with Gasteiger partial charge in [-0.15, -0.1) is 11.6 Å². The van der Waals surface area contributed by atoms with Gasteiger partial charge in [-0.05, 0) is 62.6 Å². The summed E-state index contributed by atoms with van der Waals surface area (Å²) in [6.45, 7) is 7.78. The van der Waals surface area contributed by atoms with Gasteiger partial charge >= 0.3 is 0 Å². The van der Waals surface area contributed by atoms with E-state index in [-0.39, 0.29) is 0 Å². The molecule has 0 aromatic carbocycles. The molecule has 0 saturated carbocycles. The molecule has 1 aromatic heterocycles. The highest BCUT2D eigenvalue weighted by Crippen LogP contribution is 2.31. The van der Waals surface area contributed by atoms with E-state index in [0.717, 1.165) is 33.8 Å². The second kappa shape index (κ2) is 12.7. The van der Waals surface area contributed by atoms with Gasteiger partial charge in [0.15, 0.2) is 0 Å². The zero-order valence-electron chi connectivity index (χ0n) is 19.7. The van der Waals surface area contributed by atoms with Crippen LogP contribution in [-0.4, -0.2) is 43.7 Å². The van der Waals surface area contributed by atoms with Crippen molar-refractivity contribution in [1.82, 2.24) is 9.97 Å². The maximum Gasteiger partial charge on any atom is 0.224 e. The van der Waals surface area contributed by atoms with Gasteiger partial charge < -0.3 is 25.4 Å². The molecule has 0 aliphatic heterocycles. The van der Waals surface area contributed by atoms with Crippen LogP contribution in [0.15, 0.2) is 59.0 Å². The number of aromatic nitrogens is 2. The van der Waals surface area contributed by atoms with E-state index in [1.54, 1.807) is 33.7 Å². The van der Waals surface area contributed by atoms with Crippen molar-refractivity contribution in [2.24, 2.45) is 5.73 Å². The second-order valence-corrected chi connectivity index (χ2v) is 7.25. The first-order valence-corrected chi connectivity index (χ1v) is 10.3. The fourth-order valence-corrected chi connectivity index (χ4v) is 3.61. The van der Waals surface area contributed by atoms with Crippen molar-refractivity contribution >= 4 is 29.4 Å². The van der Waals surface area contributed by atoms with Crippen molar-refractivity contribution in [3.8, 4) is 0 Å². The summed E-state index contributed by atoms with van der Waals surface area (Å²) in [4.78, 5) is 10.8. The molecule has 7 nitrogen and oxygen atoms in total. The van der Waals surface area contributed by atoms with Crippen LogP contribution in [0, 0.1) is 0 Å². The Morgan fingerprint density at radius 1 is 1.26 bits per heavy atom. The molecule has 1 aromatic rings. The second-order valence-electron chi connectivity index (χ2n) is 6.78. The van der Waals surface area contributed by atoms with E-state index >= 15 is 0 Å². The highest BCUT2D eigenvalue weighted by molar-refractivity contribution is 6.24. The number of rotatable bonds is 10. The van der Waals surface area contributed by atoms with Gasteiger partial charge in [-0.25, -0.2) is 4.98 Å². The van der Waals surface area contributed by atoms with E-state index in [0.29, 0.717) is 11.8 Å². The lowest BCUT2D eigenvalue weighted by Crippen LogP contribution is -2.14. The summed E-state index contributed by atoms with van der Waals surface area (Å²) in [5.41, 5.74) is 9.19. The molecule has 1 atom stereocenters. The summed E-state index contributed by atoms with van der Waals surface area (Å²) in [5.74, 6) is 2.69. The van der Waals surface area contributed by atoms with Crippen LogP contribution in [0.25, 0.3) is 6.08 Å². The predicted molar refractivity (Wildman–Crippen MR) is 131 cm³/mol. The number of anilines is 2. The van der Waals surface area contributed by atoms with Gasteiger partial charge in [-0.2, -0.15) is 4.98 Å². The molecule has 170 valence electrons. The average molecular weight is 448 g/mol. The molecule has 8 heteroatoms. The Morgan fingerprint density at radius 2 is 1.94 bits per heavy atom. The Hall–Kier alpha value is -2.93. The van der Waals surface area contributed by atoms with Crippen LogP contribution in [0.3, 0.4) is 0 Å². The highest BCUT2D eigenvalue weighted by atomic mass is 35.5. The third-order valence-electron chi connectivity index (χ3n) is 4.69. The Morgan fingerprint density at radius 3 is 2.45 bits per heavy atom. The van der Waals surface area contributed by atoms with Gasteiger partial charge in [-0.3, -0.25) is 0 Å². The molecule has 0 aliphatic rings. The summed E-state index contributed by atoms with van der Waals surface area (Å²) >= 11 is 6.82. The number of hydrogen-bond donors (Lipinski definition) is 2. The molecule has 1 heterocycles. The maximum atomic E-state index is 6.82. The van der Waals surface area contributed by atoms with Crippen LogP contribution in [0.5, 0.6) is 0 Å². The molecule has 0 bridgehead atoms. The summed E-state index contributed by atoms with van der Waals surface area (Å²) in [5, 5.41) is 2.53. The molecule has 3 N–H and O–H groups in total. The molecule has 0 aliphatic carbocycles. The number of methoxy groups -OCH3 is 2. The summed E-state index contributed by atoms with van der Waals surface area (Å²) in [6.07, 6.45) is 10.7. The number of nitrogens with one attached hydrogen (secondary N) is 1. The minimum absolute atomic E-state index is 0.427. The number of hydrogen-bond acceptors (Lipinski definition) is 7. The fraction of sp³-hybridized carbons (Fsp3) is 0.391. The van der Waals surface area contributed by atoms with E-state index in [9.17, 15) is 0 Å². The van der Waals surface area contributed by atoms with Crippen LogP contribution < -0.4 is 16.0 Å². The van der Waals surface area contributed by atoms with Gasteiger partial charge in [0, 0.05) is 38.3 Å². The van der Waals surface area contributed by atoms with Gasteiger partial charge in [0.25, 0.3) is 0 Å². The smallest absolute Gasteiger partial charge is 0.224 e. The Balaban J connectivity index is 3.71. The molecule has 0 amide bonds. The number of alkyl halides is 1. The monoisotopic (exact) mass is 447 g/mol. The quantitative estimate of drug-likeness (QED) is 0.302. The van der Waals surface area contributed by atoms with Crippen LogP contribution in [0.4, 0.5) is 11.8 Å². The first-order valence-electron chi connectivity index (χ1n) is 9.86. The number of ether oxygens (including phenoxy) is 2. The summed E-state index contributed by atoms with van der Waals surface area (Å²) in [6, 6.07) is 0. The molecule has 0 fully saturated rings. The van der Waals surface area contributed by atoms with Crippen LogP contribution in [0.2, 0.25) is 0 Å². The van der Waals surface area contributed by atoms with Crippen molar-refractivity contribution in [3.63, 3.8) is 0 Å². The van der Waals surface area contributed by atoms with Gasteiger partial charge in [0.2, 0.25) is 5.95 Å². The SMILES string of the molecule is C\C=C(OC)/C(C)=C(/C(C)=C/c1cnc(NC)nc1N(C)/C=C\N)C(Cl)C=C(C)OC. The van der Waals surface area contributed by atoms with Crippen molar-refractivity contribution in [2.45, 2.75) is 33.1 Å². The number of nitrogens with two attached hydrogens (primary N) is 1. The molecule has 1 unspecified atom stereocenters. The molecular weight excluding hydrogens is 414 g/mol. The van der Waals surface area contributed by atoms with E-state index in [2.05, 4.69) is 15.3 Å². The molecule has 0 radical (unpaired) electrons. The third-order valence-corrected chi connectivity index (χ3v) is 5.04. The van der Waals surface area contributed by atoms with E-state index < -0.39 is 5.38 Å². The van der Waals surface area contributed by atoms with Crippen LogP contribution in [-0.2, 0) is 9.47 Å². The van der Waals surface area contributed by atoms with Crippen molar-refractivity contribution in [1.29, 1.82) is 0 Å². The summed E-state index contributed by atoms with van der Waals surface area (Å²) < 4.78 is 10.9. The first-order chi connectivity index (χ1) is 14.7.